The number of carbonyl (C=O) groups excluding carboxylic acids is 2. The third-order valence-electron chi connectivity index (χ3n) is 5.92. The minimum absolute atomic E-state index is 0.0535. The summed E-state index contributed by atoms with van der Waals surface area (Å²) in [6, 6.07) is -0.500. The highest BCUT2D eigenvalue weighted by Gasteiger charge is 2.21. The molecular formula is C26H53N3O6. The lowest BCUT2D eigenvalue weighted by Crippen LogP contribution is -2.42. The molecule has 0 aromatic heterocycles. The predicted molar refractivity (Wildman–Crippen MR) is 139 cm³/mol. The van der Waals surface area contributed by atoms with Crippen LogP contribution < -0.4 is 5.32 Å². The van der Waals surface area contributed by atoms with Crippen molar-refractivity contribution in [2.24, 2.45) is 5.92 Å². The molecule has 0 radical (unpaired) electrons. The number of Topliss-reactive ketones (excluding diaryl/α,β-unsaturated/α-hetero) is 1. The van der Waals surface area contributed by atoms with Crippen molar-refractivity contribution in [1.29, 1.82) is 0 Å². The van der Waals surface area contributed by atoms with Crippen molar-refractivity contribution in [3.05, 3.63) is 0 Å². The molecule has 9 nitrogen and oxygen atoms in total. The number of hydrogen-bond donors (Lipinski definition) is 5. The van der Waals surface area contributed by atoms with Crippen molar-refractivity contribution in [2.45, 2.75) is 111 Å². The third kappa shape index (κ3) is 18.8. The van der Waals surface area contributed by atoms with Gasteiger partial charge in [-0.3, -0.25) is 19.4 Å². The van der Waals surface area contributed by atoms with Crippen molar-refractivity contribution in [3.63, 3.8) is 0 Å². The largest absolute Gasteiger partial charge is 0.392 e. The summed E-state index contributed by atoms with van der Waals surface area (Å²) >= 11 is 0. The van der Waals surface area contributed by atoms with Gasteiger partial charge < -0.3 is 25.7 Å². The molecule has 0 aliphatic rings. The van der Waals surface area contributed by atoms with Gasteiger partial charge in [0.15, 0.2) is 5.78 Å². The van der Waals surface area contributed by atoms with E-state index in [4.69, 9.17) is 0 Å². The molecule has 9 heteroatoms. The normalized spacial score (nSPS) is 17.1. The molecule has 0 spiro atoms. The molecule has 0 unspecified atom stereocenters. The number of hydrogen-bond acceptors (Lipinski definition) is 8. The second-order valence-electron chi connectivity index (χ2n) is 10.5. The minimum Gasteiger partial charge on any atom is -0.392 e. The number of nitrogens with zero attached hydrogens (tertiary/aromatic N) is 2. The van der Waals surface area contributed by atoms with E-state index >= 15 is 0 Å². The van der Waals surface area contributed by atoms with Gasteiger partial charge in [0.25, 0.3) is 0 Å². The molecule has 0 aliphatic heterocycles. The van der Waals surface area contributed by atoms with E-state index in [-0.39, 0.29) is 17.6 Å². The quantitative estimate of drug-likeness (QED) is 0.147. The number of ketones is 1. The van der Waals surface area contributed by atoms with Gasteiger partial charge in [-0.25, -0.2) is 0 Å². The molecule has 0 saturated carbocycles. The van der Waals surface area contributed by atoms with Crippen LogP contribution in [0.25, 0.3) is 0 Å². The summed E-state index contributed by atoms with van der Waals surface area (Å²) in [5.41, 5.74) is 0. The van der Waals surface area contributed by atoms with Crippen LogP contribution >= 0.6 is 0 Å². The zero-order chi connectivity index (χ0) is 27.0. The molecule has 0 rings (SSSR count). The highest BCUT2D eigenvalue weighted by Crippen LogP contribution is 2.12. The average Bonchev–Trinajstić information content (AvgIpc) is 2.70. The van der Waals surface area contributed by atoms with Crippen LogP contribution in [-0.2, 0) is 9.59 Å². The molecule has 0 bridgehead atoms. The summed E-state index contributed by atoms with van der Waals surface area (Å²) < 4.78 is 0. The van der Waals surface area contributed by atoms with Crippen molar-refractivity contribution in [2.75, 3.05) is 39.3 Å². The summed E-state index contributed by atoms with van der Waals surface area (Å²) in [5, 5.41) is 41.4. The summed E-state index contributed by atoms with van der Waals surface area (Å²) in [7, 11) is 0. The molecule has 6 atom stereocenters. The molecule has 0 aromatic carbocycles. The van der Waals surface area contributed by atoms with Crippen LogP contribution in [0.5, 0.6) is 0 Å². The molecule has 0 saturated heterocycles. The highest BCUT2D eigenvalue weighted by atomic mass is 16.3. The van der Waals surface area contributed by atoms with Crippen molar-refractivity contribution in [1.82, 2.24) is 15.1 Å². The van der Waals surface area contributed by atoms with E-state index in [9.17, 15) is 30.0 Å². The molecule has 0 fully saturated rings. The van der Waals surface area contributed by atoms with Crippen LogP contribution in [-0.4, -0.2) is 112 Å². The first-order valence-electron chi connectivity index (χ1n) is 13.3. The fourth-order valence-electron chi connectivity index (χ4n) is 4.30. The number of carbonyl (C=O) groups is 2. The molecule has 1 amide bonds. The Morgan fingerprint density at radius 2 is 1.03 bits per heavy atom. The van der Waals surface area contributed by atoms with Gasteiger partial charge in [-0.05, 0) is 79.8 Å². The smallest absolute Gasteiger partial charge is 0.223 e. The van der Waals surface area contributed by atoms with Crippen molar-refractivity contribution < 1.29 is 30.0 Å². The number of nitrogens with one attached hydrogen (secondary N) is 1. The standard InChI is InChI=1S/C26H53N3O6/c1-19(11-7-9-13-28(15-20(2)30)16-21(3)31)26(35)27-25(24(6)34)12-8-10-14-29(17-22(4)32)18-23(5)33/h19-23,25,30-33H,7-18H2,1-6H3,(H,27,35)/t19-,20+,21+,22+,23+,25+/m0/s1. The lowest BCUT2D eigenvalue weighted by molar-refractivity contribution is -0.129. The molecule has 208 valence electrons. The van der Waals surface area contributed by atoms with E-state index < -0.39 is 30.5 Å². The highest BCUT2D eigenvalue weighted by molar-refractivity contribution is 5.88. The van der Waals surface area contributed by atoms with E-state index in [0.29, 0.717) is 45.6 Å². The third-order valence-corrected chi connectivity index (χ3v) is 5.92. The van der Waals surface area contributed by atoms with Gasteiger partial charge >= 0.3 is 0 Å². The summed E-state index contributed by atoms with van der Waals surface area (Å²) in [6.07, 6.45) is 2.70. The first kappa shape index (κ1) is 33.9. The van der Waals surface area contributed by atoms with Gasteiger partial charge in [-0.2, -0.15) is 0 Å². The van der Waals surface area contributed by atoms with E-state index in [2.05, 4.69) is 5.32 Å². The maximum absolute atomic E-state index is 12.7. The Kier molecular flexibility index (Phi) is 18.5. The van der Waals surface area contributed by atoms with Gasteiger partial charge in [0.05, 0.1) is 30.5 Å². The van der Waals surface area contributed by atoms with Gasteiger partial charge in [0, 0.05) is 32.1 Å². The Labute approximate surface area is 212 Å². The van der Waals surface area contributed by atoms with Crippen LogP contribution in [0.15, 0.2) is 0 Å². The van der Waals surface area contributed by atoms with Crippen molar-refractivity contribution >= 4 is 11.7 Å². The first-order valence-corrected chi connectivity index (χ1v) is 13.3. The van der Waals surface area contributed by atoms with Gasteiger partial charge in [-0.15, -0.1) is 0 Å². The van der Waals surface area contributed by atoms with Crippen LogP contribution in [0, 0.1) is 5.92 Å². The fraction of sp³-hybridized carbons (Fsp3) is 0.923. The Morgan fingerprint density at radius 3 is 1.37 bits per heavy atom. The number of rotatable bonds is 21. The topological polar surface area (TPSA) is 134 Å². The van der Waals surface area contributed by atoms with E-state index in [1.807, 2.05) is 16.7 Å². The maximum atomic E-state index is 12.7. The Balaban J connectivity index is 4.44. The van der Waals surface area contributed by atoms with E-state index in [0.717, 1.165) is 32.2 Å². The summed E-state index contributed by atoms with van der Waals surface area (Å²) in [4.78, 5) is 28.8. The molecular weight excluding hydrogens is 450 g/mol. The van der Waals surface area contributed by atoms with Crippen LogP contribution in [0.4, 0.5) is 0 Å². The number of amides is 1. The average molecular weight is 504 g/mol. The van der Waals surface area contributed by atoms with Gasteiger partial charge in [-0.1, -0.05) is 13.3 Å². The SMILES string of the molecule is CC(=O)[C@@H](CCCCN(C[C@@H](C)O)C[C@@H](C)O)NC(=O)[C@@H](C)CCCCN(C[C@@H](C)O)C[C@@H](C)O. The zero-order valence-corrected chi connectivity index (χ0v) is 22.9. The molecule has 5 N–H and O–H groups in total. The van der Waals surface area contributed by atoms with Crippen LogP contribution in [0.1, 0.15) is 80.1 Å². The second kappa shape index (κ2) is 19.1. The Bertz CT molecular complexity index is 551. The molecule has 0 aliphatic carbocycles. The van der Waals surface area contributed by atoms with Crippen molar-refractivity contribution in [3.8, 4) is 0 Å². The molecule has 35 heavy (non-hydrogen) atoms. The Morgan fingerprint density at radius 1 is 0.657 bits per heavy atom. The number of aliphatic hydroxyl groups is 4. The number of unbranched alkanes of at least 4 members (excludes halogenated alkanes) is 2. The number of aliphatic hydroxyl groups excluding tert-OH is 4. The monoisotopic (exact) mass is 503 g/mol. The molecule has 0 heterocycles. The van der Waals surface area contributed by atoms with Gasteiger partial charge in [0.2, 0.25) is 5.91 Å². The van der Waals surface area contributed by atoms with E-state index in [1.54, 1.807) is 27.7 Å². The maximum Gasteiger partial charge on any atom is 0.223 e. The second-order valence-corrected chi connectivity index (χ2v) is 10.5. The van der Waals surface area contributed by atoms with Gasteiger partial charge in [0.1, 0.15) is 0 Å². The zero-order valence-electron chi connectivity index (χ0n) is 22.9. The minimum atomic E-state index is -0.500. The van der Waals surface area contributed by atoms with E-state index in [1.165, 1.54) is 6.92 Å². The summed E-state index contributed by atoms with van der Waals surface area (Å²) in [5.74, 6) is -0.367. The lowest BCUT2D eigenvalue weighted by Gasteiger charge is -2.25. The fourth-order valence-corrected chi connectivity index (χ4v) is 4.30. The summed E-state index contributed by atoms with van der Waals surface area (Å²) in [6.45, 7) is 13.7. The lowest BCUT2D eigenvalue weighted by atomic mass is 10.0. The predicted octanol–water partition coefficient (Wildman–Crippen LogP) is 1.16. The molecule has 0 aromatic rings. The Hall–Kier alpha value is -1.10. The van der Waals surface area contributed by atoms with Crippen LogP contribution in [0.3, 0.4) is 0 Å². The van der Waals surface area contributed by atoms with Crippen LogP contribution in [0.2, 0.25) is 0 Å². The first-order chi connectivity index (χ1) is 16.3.